The molecular weight excluding hydrogens is 350 g/mol. The van der Waals surface area contributed by atoms with Crippen molar-refractivity contribution in [1.82, 2.24) is 9.55 Å². The number of nitrogens with one attached hydrogen (secondary N) is 1. The minimum absolute atomic E-state index is 0.101. The van der Waals surface area contributed by atoms with Crippen LogP contribution in [0.3, 0.4) is 0 Å². The molecule has 2 aromatic heterocycles. The highest BCUT2D eigenvalue weighted by atomic mass is 16.5. The van der Waals surface area contributed by atoms with E-state index < -0.39 is 0 Å². The number of furan rings is 1. The normalized spacial score (nSPS) is 10.8. The standard InChI is InChI=1S/C19H21N3O5/c1-11-12(2)27-18-17(11)19(24)22(10-20-18)8-7-16(23)21-14-9-13(25-3)5-6-15(14)26-4/h5-6,9-10H,7-8H2,1-4H3,(H,21,23). The van der Waals surface area contributed by atoms with Gasteiger partial charge in [-0.25, -0.2) is 4.98 Å². The molecule has 1 aromatic carbocycles. The van der Waals surface area contributed by atoms with E-state index in [4.69, 9.17) is 13.9 Å². The summed E-state index contributed by atoms with van der Waals surface area (Å²) in [7, 11) is 3.07. The summed E-state index contributed by atoms with van der Waals surface area (Å²) in [4.78, 5) is 29.1. The van der Waals surface area contributed by atoms with Gasteiger partial charge in [-0.3, -0.25) is 14.2 Å². The second-order valence-corrected chi connectivity index (χ2v) is 6.07. The number of fused-ring (bicyclic) bond motifs is 1. The smallest absolute Gasteiger partial charge is 0.264 e. The highest BCUT2D eigenvalue weighted by Crippen LogP contribution is 2.29. The SMILES string of the molecule is COc1ccc(OC)c(NC(=O)CCn2cnc3oc(C)c(C)c3c2=O)c1. The molecule has 3 aromatic rings. The highest BCUT2D eigenvalue weighted by Gasteiger charge is 2.15. The Labute approximate surface area is 155 Å². The summed E-state index contributed by atoms with van der Waals surface area (Å²) in [6.45, 7) is 3.80. The summed E-state index contributed by atoms with van der Waals surface area (Å²) in [6.07, 6.45) is 1.50. The number of nitrogens with zero attached hydrogens (tertiary/aromatic N) is 2. The van der Waals surface area contributed by atoms with Crippen molar-refractivity contribution in [3.8, 4) is 11.5 Å². The number of anilines is 1. The van der Waals surface area contributed by atoms with Crippen LogP contribution in [0.25, 0.3) is 11.1 Å². The maximum atomic E-state index is 12.6. The van der Waals surface area contributed by atoms with Crippen molar-refractivity contribution in [1.29, 1.82) is 0 Å². The Morgan fingerprint density at radius 1 is 1.26 bits per heavy atom. The Morgan fingerprint density at radius 2 is 2.04 bits per heavy atom. The molecule has 1 N–H and O–H groups in total. The summed E-state index contributed by atoms with van der Waals surface area (Å²) in [5.74, 6) is 1.53. The lowest BCUT2D eigenvalue weighted by Gasteiger charge is -2.12. The first-order chi connectivity index (χ1) is 12.9. The van der Waals surface area contributed by atoms with Gasteiger partial charge < -0.3 is 19.2 Å². The number of ether oxygens (including phenoxy) is 2. The number of benzene rings is 1. The molecule has 1 amide bonds. The van der Waals surface area contributed by atoms with Crippen molar-refractivity contribution in [3.05, 3.63) is 46.2 Å². The van der Waals surface area contributed by atoms with Crippen molar-refractivity contribution in [2.75, 3.05) is 19.5 Å². The average Bonchev–Trinajstić information content (AvgIpc) is 2.95. The fraction of sp³-hybridized carbons (Fsp3) is 0.316. The molecular formula is C19H21N3O5. The minimum Gasteiger partial charge on any atom is -0.497 e. The third-order valence-electron chi connectivity index (χ3n) is 4.42. The Kier molecular flexibility index (Phi) is 5.16. The van der Waals surface area contributed by atoms with Gasteiger partial charge in [0.1, 0.15) is 29.0 Å². The Bertz CT molecular complexity index is 1050. The van der Waals surface area contributed by atoms with Crippen LogP contribution in [-0.4, -0.2) is 29.7 Å². The van der Waals surface area contributed by atoms with Crippen LogP contribution in [-0.2, 0) is 11.3 Å². The Balaban J connectivity index is 1.75. The van der Waals surface area contributed by atoms with Crippen LogP contribution in [0.5, 0.6) is 11.5 Å². The lowest BCUT2D eigenvalue weighted by Crippen LogP contribution is -2.23. The molecule has 0 atom stereocenters. The van der Waals surface area contributed by atoms with Gasteiger partial charge in [-0.2, -0.15) is 0 Å². The van der Waals surface area contributed by atoms with E-state index >= 15 is 0 Å². The molecule has 0 spiro atoms. The van der Waals surface area contributed by atoms with E-state index in [1.54, 1.807) is 32.2 Å². The van der Waals surface area contributed by atoms with Gasteiger partial charge in [0.25, 0.3) is 5.56 Å². The van der Waals surface area contributed by atoms with Crippen LogP contribution in [0, 0.1) is 13.8 Å². The number of aryl methyl sites for hydroxylation is 3. The van der Waals surface area contributed by atoms with Gasteiger partial charge in [0, 0.05) is 24.6 Å². The van der Waals surface area contributed by atoms with Crippen LogP contribution in [0.1, 0.15) is 17.7 Å². The summed E-state index contributed by atoms with van der Waals surface area (Å²) < 4.78 is 17.3. The van der Waals surface area contributed by atoms with E-state index in [1.807, 2.05) is 6.92 Å². The zero-order valence-corrected chi connectivity index (χ0v) is 15.7. The monoisotopic (exact) mass is 371 g/mol. The fourth-order valence-corrected chi connectivity index (χ4v) is 2.78. The van der Waals surface area contributed by atoms with Crippen LogP contribution in [0.4, 0.5) is 5.69 Å². The molecule has 2 heterocycles. The predicted octanol–water partition coefficient (Wildman–Crippen LogP) is 2.65. The Hall–Kier alpha value is -3.29. The zero-order chi connectivity index (χ0) is 19.6. The molecule has 3 rings (SSSR count). The van der Waals surface area contributed by atoms with E-state index in [0.717, 1.165) is 5.56 Å². The van der Waals surface area contributed by atoms with Crippen LogP contribution in [0.15, 0.2) is 33.7 Å². The molecule has 0 aliphatic carbocycles. The lowest BCUT2D eigenvalue weighted by atomic mass is 10.2. The number of methoxy groups -OCH3 is 2. The number of hydrogen-bond donors (Lipinski definition) is 1. The maximum absolute atomic E-state index is 12.6. The number of aromatic nitrogens is 2. The number of carbonyl (C=O) groups excluding carboxylic acids is 1. The van der Waals surface area contributed by atoms with E-state index in [-0.39, 0.29) is 24.4 Å². The molecule has 8 heteroatoms. The van der Waals surface area contributed by atoms with Crippen molar-refractivity contribution >= 4 is 22.7 Å². The summed E-state index contributed by atoms with van der Waals surface area (Å²) in [5.41, 5.74) is 1.37. The molecule has 0 aliphatic heterocycles. The molecule has 8 nitrogen and oxygen atoms in total. The predicted molar refractivity (Wildman–Crippen MR) is 101 cm³/mol. The van der Waals surface area contributed by atoms with Gasteiger partial charge in [0.15, 0.2) is 0 Å². The van der Waals surface area contributed by atoms with Crippen molar-refractivity contribution in [2.24, 2.45) is 0 Å². The highest BCUT2D eigenvalue weighted by molar-refractivity contribution is 5.92. The third-order valence-corrected chi connectivity index (χ3v) is 4.42. The van der Waals surface area contributed by atoms with Crippen molar-refractivity contribution < 1.29 is 18.7 Å². The summed E-state index contributed by atoms with van der Waals surface area (Å²) >= 11 is 0. The third kappa shape index (κ3) is 3.64. The number of hydrogen-bond acceptors (Lipinski definition) is 6. The van der Waals surface area contributed by atoms with E-state index in [9.17, 15) is 9.59 Å². The van der Waals surface area contributed by atoms with Crippen molar-refractivity contribution in [2.45, 2.75) is 26.8 Å². The Morgan fingerprint density at radius 3 is 2.74 bits per heavy atom. The molecule has 0 saturated heterocycles. The molecule has 0 fully saturated rings. The van der Waals surface area contributed by atoms with Gasteiger partial charge in [-0.1, -0.05) is 0 Å². The molecule has 142 valence electrons. The number of carbonyl (C=O) groups is 1. The van der Waals surface area contributed by atoms with Gasteiger partial charge in [0.2, 0.25) is 11.6 Å². The minimum atomic E-state index is -0.256. The van der Waals surface area contributed by atoms with Crippen molar-refractivity contribution in [3.63, 3.8) is 0 Å². The van der Waals surface area contributed by atoms with Gasteiger partial charge in [-0.05, 0) is 26.0 Å². The first-order valence-electron chi connectivity index (χ1n) is 8.41. The zero-order valence-electron chi connectivity index (χ0n) is 15.7. The van der Waals surface area contributed by atoms with E-state index in [0.29, 0.717) is 34.0 Å². The largest absolute Gasteiger partial charge is 0.497 e. The summed E-state index contributed by atoms with van der Waals surface area (Å²) in [5, 5.41) is 3.23. The molecule has 0 saturated carbocycles. The molecule has 0 bridgehead atoms. The van der Waals surface area contributed by atoms with Gasteiger partial charge in [0.05, 0.1) is 19.9 Å². The second-order valence-electron chi connectivity index (χ2n) is 6.07. The summed E-state index contributed by atoms with van der Waals surface area (Å²) in [6, 6.07) is 5.12. The topological polar surface area (TPSA) is 95.6 Å². The molecule has 27 heavy (non-hydrogen) atoms. The number of amides is 1. The van der Waals surface area contributed by atoms with Gasteiger partial charge in [-0.15, -0.1) is 0 Å². The van der Waals surface area contributed by atoms with Crippen LogP contribution in [0.2, 0.25) is 0 Å². The fourth-order valence-electron chi connectivity index (χ4n) is 2.78. The second kappa shape index (κ2) is 7.53. The molecule has 0 radical (unpaired) electrons. The van der Waals surface area contributed by atoms with E-state index in [1.165, 1.54) is 18.0 Å². The first-order valence-corrected chi connectivity index (χ1v) is 8.41. The quantitative estimate of drug-likeness (QED) is 0.716. The first kappa shape index (κ1) is 18.5. The maximum Gasteiger partial charge on any atom is 0.264 e. The molecule has 0 unspecified atom stereocenters. The average molecular weight is 371 g/mol. The number of rotatable bonds is 6. The molecule has 0 aliphatic rings. The van der Waals surface area contributed by atoms with Crippen LogP contribution < -0.4 is 20.3 Å². The van der Waals surface area contributed by atoms with Crippen LogP contribution >= 0.6 is 0 Å². The lowest BCUT2D eigenvalue weighted by molar-refractivity contribution is -0.116. The van der Waals surface area contributed by atoms with Gasteiger partial charge >= 0.3 is 0 Å². The van der Waals surface area contributed by atoms with E-state index in [2.05, 4.69) is 10.3 Å².